The van der Waals surface area contributed by atoms with E-state index in [2.05, 4.69) is 4.98 Å². The average molecular weight is 365 g/mol. The number of aromatic nitrogens is 1. The monoisotopic (exact) mass is 364 g/mol. The van der Waals surface area contributed by atoms with E-state index >= 15 is 0 Å². The Labute approximate surface area is 151 Å². The van der Waals surface area contributed by atoms with Crippen molar-refractivity contribution in [2.45, 2.75) is 25.3 Å². The van der Waals surface area contributed by atoms with E-state index in [1.165, 1.54) is 0 Å². The largest absolute Gasteiger partial charge is 0.482 e. The van der Waals surface area contributed by atoms with Crippen LogP contribution in [0.3, 0.4) is 0 Å². The highest BCUT2D eigenvalue weighted by atomic mass is 35.5. The summed E-state index contributed by atoms with van der Waals surface area (Å²) in [6, 6.07) is 10.8. The molecule has 1 amide bonds. The predicted octanol–water partition coefficient (Wildman–Crippen LogP) is 4.52. The number of rotatable bonds is 4. The van der Waals surface area contributed by atoms with Crippen LogP contribution in [0, 0.1) is 0 Å². The van der Waals surface area contributed by atoms with E-state index < -0.39 is 0 Å². The minimum absolute atomic E-state index is 0.0109. The summed E-state index contributed by atoms with van der Waals surface area (Å²) in [5, 5.41) is 0.931. The number of carbonyl (C=O) groups excluding carboxylic acids is 1. The molecule has 2 aromatic rings. The molecule has 4 nitrogen and oxygen atoms in total. The topological polar surface area (TPSA) is 42.4 Å². The molecule has 2 heterocycles. The zero-order chi connectivity index (χ0) is 16.9. The van der Waals surface area contributed by atoms with Gasteiger partial charge < -0.3 is 9.64 Å². The number of pyridine rings is 1. The molecule has 0 saturated carbocycles. The summed E-state index contributed by atoms with van der Waals surface area (Å²) in [5.74, 6) is 0.400. The smallest absolute Gasteiger partial charge is 0.261 e. The van der Waals surface area contributed by atoms with E-state index in [1.807, 2.05) is 23.1 Å². The molecule has 0 aliphatic carbocycles. The maximum Gasteiger partial charge on any atom is 0.261 e. The fourth-order valence-corrected chi connectivity index (χ4v) is 3.39. The van der Waals surface area contributed by atoms with Gasteiger partial charge in [-0.05, 0) is 49.6 Å². The number of hydrogen-bond donors (Lipinski definition) is 0. The van der Waals surface area contributed by atoms with Gasteiger partial charge in [0.25, 0.3) is 5.91 Å². The molecule has 1 aromatic heterocycles. The number of benzene rings is 1. The zero-order valence-electron chi connectivity index (χ0n) is 13.1. The molecule has 1 saturated heterocycles. The van der Waals surface area contributed by atoms with Crippen molar-refractivity contribution in [3.05, 3.63) is 58.3 Å². The van der Waals surface area contributed by atoms with Crippen LogP contribution >= 0.6 is 23.2 Å². The highest BCUT2D eigenvalue weighted by Crippen LogP contribution is 2.31. The van der Waals surface area contributed by atoms with Crippen LogP contribution in [0.2, 0.25) is 10.0 Å². The normalized spacial score (nSPS) is 17.6. The number of halogens is 2. The first kappa shape index (κ1) is 17.1. The molecule has 1 aliphatic heterocycles. The van der Waals surface area contributed by atoms with Gasteiger partial charge in [0, 0.05) is 17.8 Å². The van der Waals surface area contributed by atoms with Crippen molar-refractivity contribution in [2.24, 2.45) is 0 Å². The number of nitrogens with zero attached hydrogens (tertiary/aromatic N) is 2. The number of amides is 1. The van der Waals surface area contributed by atoms with Crippen molar-refractivity contribution in [2.75, 3.05) is 13.2 Å². The SMILES string of the molecule is O=C(COc1ccc(Cl)cc1Cl)N1CCCCC1c1ccccn1. The minimum Gasteiger partial charge on any atom is -0.482 e. The Hall–Kier alpha value is -1.78. The number of ether oxygens (including phenoxy) is 1. The molecular weight excluding hydrogens is 347 g/mol. The average Bonchev–Trinajstić information content (AvgIpc) is 2.61. The van der Waals surface area contributed by atoms with Gasteiger partial charge in [-0.15, -0.1) is 0 Å². The zero-order valence-corrected chi connectivity index (χ0v) is 14.6. The molecule has 0 spiro atoms. The second-order valence-corrected chi connectivity index (χ2v) is 6.56. The molecule has 1 aromatic carbocycles. The molecule has 1 aliphatic rings. The molecule has 126 valence electrons. The van der Waals surface area contributed by atoms with Gasteiger partial charge >= 0.3 is 0 Å². The summed E-state index contributed by atoms with van der Waals surface area (Å²) in [7, 11) is 0. The lowest BCUT2D eigenvalue weighted by Gasteiger charge is -2.35. The standard InChI is InChI=1S/C18H18Cl2N2O2/c19-13-7-8-17(14(20)11-13)24-12-18(23)22-10-4-2-6-16(22)15-5-1-3-9-21-15/h1,3,5,7-9,11,16H,2,4,6,10,12H2. The van der Waals surface area contributed by atoms with Crippen LogP contribution in [-0.4, -0.2) is 28.9 Å². The first-order valence-corrected chi connectivity index (χ1v) is 8.69. The van der Waals surface area contributed by atoms with Crippen molar-refractivity contribution >= 4 is 29.1 Å². The Kier molecular flexibility index (Phi) is 5.59. The molecule has 6 heteroatoms. The molecule has 0 N–H and O–H groups in total. The van der Waals surface area contributed by atoms with Gasteiger partial charge in [0.2, 0.25) is 0 Å². The first-order chi connectivity index (χ1) is 11.6. The van der Waals surface area contributed by atoms with Crippen LogP contribution < -0.4 is 4.74 Å². The summed E-state index contributed by atoms with van der Waals surface area (Å²) in [6.07, 6.45) is 4.77. The summed E-state index contributed by atoms with van der Waals surface area (Å²) in [5.41, 5.74) is 0.926. The molecule has 0 bridgehead atoms. The highest BCUT2D eigenvalue weighted by molar-refractivity contribution is 6.35. The van der Waals surface area contributed by atoms with Crippen LogP contribution in [-0.2, 0) is 4.79 Å². The van der Waals surface area contributed by atoms with Crippen molar-refractivity contribution < 1.29 is 9.53 Å². The van der Waals surface area contributed by atoms with Gasteiger partial charge in [-0.2, -0.15) is 0 Å². The Morgan fingerprint density at radius 1 is 1.25 bits per heavy atom. The predicted molar refractivity (Wildman–Crippen MR) is 94.5 cm³/mol. The quantitative estimate of drug-likeness (QED) is 0.800. The van der Waals surface area contributed by atoms with E-state index in [1.54, 1.807) is 24.4 Å². The second-order valence-electron chi connectivity index (χ2n) is 5.72. The van der Waals surface area contributed by atoms with Gasteiger partial charge in [0.15, 0.2) is 6.61 Å². The van der Waals surface area contributed by atoms with E-state index in [9.17, 15) is 4.79 Å². The molecular formula is C18H18Cl2N2O2. The maximum absolute atomic E-state index is 12.6. The summed E-state index contributed by atoms with van der Waals surface area (Å²) in [6.45, 7) is 0.669. The fourth-order valence-electron chi connectivity index (χ4n) is 2.93. The van der Waals surface area contributed by atoms with Crippen molar-refractivity contribution in [1.82, 2.24) is 9.88 Å². The minimum atomic E-state index is -0.0589. The summed E-state index contributed by atoms with van der Waals surface area (Å²) >= 11 is 11.9. The third-order valence-corrected chi connectivity index (χ3v) is 4.63. The van der Waals surface area contributed by atoms with Gasteiger partial charge in [-0.1, -0.05) is 29.3 Å². The second kappa shape index (κ2) is 7.86. The Morgan fingerprint density at radius 2 is 2.12 bits per heavy atom. The first-order valence-electron chi connectivity index (χ1n) is 7.93. The molecule has 1 unspecified atom stereocenters. The van der Waals surface area contributed by atoms with E-state index in [-0.39, 0.29) is 18.6 Å². The lowest BCUT2D eigenvalue weighted by atomic mass is 9.99. The fraction of sp³-hybridized carbons (Fsp3) is 0.333. The molecule has 0 radical (unpaired) electrons. The Balaban J connectivity index is 1.68. The van der Waals surface area contributed by atoms with Crippen LogP contribution in [0.1, 0.15) is 31.0 Å². The highest BCUT2D eigenvalue weighted by Gasteiger charge is 2.29. The van der Waals surface area contributed by atoms with E-state index in [0.717, 1.165) is 31.5 Å². The Bertz CT molecular complexity index is 709. The van der Waals surface area contributed by atoms with Crippen molar-refractivity contribution in [3.8, 4) is 5.75 Å². The molecule has 1 atom stereocenters. The lowest BCUT2D eigenvalue weighted by molar-refractivity contribution is -0.137. The van der Waals surface area contributed by atoms with Crippen LogP contribution in [0.25, 0.3) is 0 Å². The van der Waals surface area contributed by atoms with E-state index in [4.69, 9.17) is 27.9 Å². The number of likely N-dealkylation sites (tertiary alicyclic amines) is 1. The van der Waals surface area contributed by atoms with Gasteiger partial charge in [-0.3, -0.25) is 9.78 Å². The van der Waals surface area contributed by atoms with Crippen molar-refractivity contribution in [3.63, 3.8) is 0 Å². The lowest BCUT2D eigenvalue weighted by Crippen LogP contribution is -2.41. The Morgan fingerprint density at radius 3 is 2.88 bits per heavy atom. The number of carbonyl (C=O) groups is 1. The van der Waals surface area contributed by atoms with Gasteiger partial charge in [0.05, 0.1) is 16.8 Å². The summed E-state index contributed by atoms with van der Waals surface area (Å²) in [4.78, 5) is 18.9. The van der Waals surface area contributed by atoms with Crippen LogP contribution in [0.4, 0.5) is 0 Å². The number of piperidine rings is 1. The van der Waals surface area contributed by atoms with Gasteiger partial charge in [-0.25, -0.2) is 0 Å². The molecule has 1 fully saturated rings. The summed E-state index contributed by atoms with van der Waals surface area (Å²) < 4.78 is 5.59. The van der Waals surface area contributed by atoms with Crippen LogP contribution in [0.5, 0.6) is 5.75 Å². The number of hydrogen-bond acceptors (Lipinski definition) is 3. The third-order valence-electron chi connectivity index (χ3n) is 4.10. The van der Waals surface area contributed by atoms with Gasteiger partial charge in [0.1, 0.15) is 5.75 Å². The molecule has 3 rings (SSSR count). The van der Waals surface area contributed by atoms with Crippen molar-refractivity contribution in [1.29, 1.82) is 0 Å². The molecule has 24 heavy (non-hydrogen) atoms. The maximum atomic E-state index is 12.6. The van der Waals surface area contributed by atoms with Crippen LogP contribution in [0.15, 0.2) is 42.6 Å². The van der Waals surface area contributed by atoms with E-state index in [0.29, 0.717) is 15.8 Å². The third kappa shape index (κ3) is 4.00.